The number of nitrogens with one attached hydrogen (secondary N) is 4. The maximum atomic E-state index is 14.5. The van der Waals surface area contributed by atoms with Crippen molar-refractivity contribution in [3.05, 3.63) is 101 Å². The molecule has 0 bridgehead atoms. The molecule has 0 spiro atoms. The molecule has 7 nitrogen and oxygen atoms in total. The first-order valence-electron chi connectivity index (χ1n) is 14.3. The minimum atomic E-state index is -2.94. The summed E-state index contributed by atoms with van der Waals surface area (Å²) in [6.07, 6.45) is 9.13. The number of allylic oxidation sites excluding steroid dienone is 2. The molecule has 222 valence electrons. The number of ether oxygens (including phenoxy) is 1. The molecule has 0 saturated heterocycles. The van der Waals surface area contributed by atoms with Crippen LogP contribution in [0.1, 0.15) is 55.3 Å². The van der Waals surface area contributed by atoms with Crippen LogP contribution in [0.15, 0.2) is 83.9 Å². The van der Waals surface area contributed by atoms with Crippen LogP contribution in [0.4, 0.5) is 20.4 Å². The van der Waals surface area contributed by atoms with E-state index in [1.54, 1.807) is 29.9 Å². The van der Waals surface area contributed by atoms with Gasteiger partial charge in [0, 0.05) is 35.6 Å². The molecular weight excluding hydrogens is 556 g/mol. The summed E-state index contributed by atoms with van der Waals surface area (Å²) >= 11 is 1.57. The van der Waals surface area contributed by atoms with Gasteiger partial charge in [0.25, 0.3) is 5.92 Å². The van der Waals surface area contributed by atoms with E-state index < -0.39 is 18.1 Å². The van der Waals surface area contributed by atoms with Crippen molar-refractivity contribution in [2.45, 2.75) is 57.2 Å². The minimum Gasteiger partial charge on any atom is -0.379 e. The maximum Gasteiger partial charge on any atom is 0.273 e. The molecule has 5 rings (SSSR count). The predicted octanol–water partition coefficient (Wildman–Crippen LogP) is 7.78. The number of aromatic amines is 2. The Kier molecular flexibility index (Phi) is 9.89. The number of aliphatic hydroxyl groups is 1. The van der Waals surface area contributed by atoms with Crippen molar-refractivity contribution in [1.29, 1.82) is 0 Å². The van der Waals surface area contributed by atoms with Gasteiger partial charge in [-0.25, -0.2) is 13.8 Å². The lowest BCUT2D eigenvalue weighted by Crippen LogP contribution is -2.29. The Hall–Kier alpha value is -3.73. The summed E-state index contributed by atoms with van der Waals surface area (Å²) in [7, 11) is 0. The Bertz CT molecular complexity index is 1460. The molecule has 2 aromatic carbocycles. The van der Waals surface area contributed by atoms with Crippen molar-refractivity contribution in [3.63, 3.8) is 0 Å². The monoisotopic (exact) mass is 593 g/mol. The van der Waals surface area contributed by atoms with Gasteiger partial charge >= 0.3 is 0 Å². The summed E-state index contributed by atoms with van der Waals surface area (Å²) in [5.41, 5.74) is 5.56. The van der Waals surface area contributed by atoms with E-state index in [0.29, 0.717) is 31.1 Å². The van der Waals surface area contributed by atoms with Crippen LogP contribution in [0.25, 0.3) is 11.3 Å². The van der Waals surface area contributed by atoms with E-state index in [4.69, 9.17) is 4.74 Å². The number of rotatable bonds is 15. The molecule has 2 aromatic heterocycles. The molecule has 0 saturated carbocycles. The second kappa shape index (κ2) is 14.0. The highest BCUT2D eigenvalue weighted by atomic mass is 32.1. The molecular formula is C32H37F2N5O2S. The van der Waals surface area contributed by atoms with Gasteiger partial charge in [0.05, 0.1) is 30.7 Å². The lowest BCUT2D eigenvalue weighted by atomic mass is 9.91. The third-order valence-corrected chi connectivity index (χ3v) is 8.19. The van der Waals surface area contributed by atoms with E-state index in [2.05, 4.69) is 48.6 Å². The number of nitrogens with zero attached hydrogens (tertiary/aromatic N) is 1. The number of aromatic nitrogens is 3. The summed E-state index contributed by atoms with van der Waals surface area (Å²) in [6.45, 7) is 3.04. The van der Waals surface area contributed by atoms with E-state index in [1.165, 1.54) is 19.1 Å². The molecule has 0 amide bonds. The van der Waals surface area contributed by atoms with Crippen LogP contribution >= 0.6 is 11.5 Å². The summed E-state index contributed by atoms with van der Waals surface area (Å²) in [5, 5.41) is 19.8. The maximum absolute atomic E-state index is 14.5. The quantitative estimate of drug-likeness (QED) is 0.0716. The van der Waals surface area contributed by atoms with E-state index >= 15 is 0 Å². The average molecular weight is 594 g/mol. The molecule has 2 heterocycles. The fourth-order valence-corrected chi connectivity index (χ4v) is 5.29. The van der Waals surface area contributed by atoms with Crippen molar-refractivity contribution in [1.82, 2.24) is 14.3 Å². The molecule has 2 unspecified atom stereocenters. The van der Waals surface area contributed by atoms with Gasteiger partial charge in [-0.1, -0.05) is 67.0 Å². The molecule has 10 heteroatoms. The molecule has 0 aliphatic heterocycles. The average Bonchev–Trinajstić information content (AvgIpc) is 3.45. The highest BCUT2D eigenvalue weighted by molar-refractivity contribution is 7.04. The number of imidazole rings is 1. The first-order chi connectivity index (χ1) is 20.4. The SMILES string of the molecule is CCC(F)(F)c1cccc(C(CCOCC2=CCCC=C2)C(O)Nc2ncc(-c3ccc(NCc4cs[nH]4)cc3)[nH]2)c1. The Labute approximate surface area is 248 Å². The molecule has 1 aliphatic rings. The summed E-state index contributed by atoms with van der Waals surface area (Å²) in [5.74, 6) is -3.06. The summed E-state index contributed by atoms with van der Waals surface area (Å²) in [6, 6.07) is 14.3. The highest BCUT2D eigenvalue weighted by Gasteiger charge is 2.30. The van der Waals surface area contributed by atoms with Gasteiger partial charge < -0.3 is 29.8 Å². The second-order valence-corrected chi connectivity index (χ2v) is 11.1. The molecule has 1 aliphatic carbocycles. The van der Waals surface area contributed by atoms with E-state index in [9.17, 15) is 13.9 Å². The number of aliphatic hydroxyl groups excluding tert-OH is 1. The Morgan fingerprint density at radius 2 is 2.00 bits per heavy atom. The van der Waals surface area contributed by atoms with E-state index in [1.807, 2.05) is 24.3 Å². The zero-order valence-electron chi connectivity index (χ0n) is 23.6. The number of alkyl halides is 2. The number of hydrogen-bond acceptors (Lipinski definition) is 6. The number of halogens is 2. The number of hydrogen-bond donors (Lipinski definition) is 5. The van der Waals surface area contributed by atoms with Crippen LogP contribution in [0.3, 0.4) is 0 Å². The topological polar surface area (TPSA) is 98.0 Å². The molecule has 0 fully saturated rings. The standard InChI is InChI=1S/C32H37F2N5O2S/c1-2-32(33,34)25-10-6-9-24(17-25)28(15-16-41-20-22-7-4-3-5-8-22)30(40)38-31-36-19-29(37-31)23-11-13-26(14-12-23)35-18-27-21-42-39-27/h4,6-14,17,19,21,28,30,35,39-40H,2-3,5,15-16,18,20H2,1H3,(H2,36,37,38). The summed E-state index contributed by atoms with van der Waals surface area (Å²) in [4.78, 5) is 7.63. The zero-order chi connectivity index (χ0) is 29.4. The van der Waals surface area contributed by atoms with Crippen molar-refractivity contribution < 1.29 is 18.6 Å². The normalized spacial score (nSPS) is 14.9. The molecule has 2 atom stereocenters. The fraction of sp³-hybridized carbons (Fsp3) is 0.344. The lowest BCUT2D eigenvalue weighted by Gasteiger charge is -2.25. The smallest absolute Gasteiger partial charge is 0.273 e. The van der Waals surface area contributed by atoms with Gasteiger partial charge in [-0.2, -0.15) is 0 Å². The third kappa shape index (κ3) is 7.76. The molecule has 5 N–H and O–H groups in total. The zero-order valence-corrected chi connectivity index (χ0v) is 24.4. The van der Waals surface area contributed by atoms with Crippen LogP contribution in [-0.4, -0.2) is 38.9 Å². The first kappa shape index (κ1) is 29.8. The molecule has 4 aromatic rings. The summed E-state index contributed by atoms with van der Waals surface area (Å²) < 4.78 is 38.1. The van der Waals surface area contributed by atoms with Crippen molar-refractivity contribution >= 4 is 23.2 Å². The van der Waals surface area contributed by atoms with E-state index in [0.717, 1.165) is 47.6 Å². The lowest BCUT2D eigenvalue weighted by molar-refractivity contribution is -0.00846. The Balaban J connectivity index is 1.25. The molecule has 0 radical (unpaired) electrons. The van der Waals surface area contributed by atoms with Gasteiger partial charge in [0.1, 0.15) is 6.23 Å². The number of anilines is 2. The number of benzene rings is 2. The van der Waals surface area contributed by atoms with Gasteiger partial charge in [-0.15, -0.1) is 0 Å². The third-order valence-electron chi connectivity index (χ3n) is 7.41. The van der Waals surface area contributed by atoms with Crippen LogP contribution < -0.4 is 10.6 Å². The predicted molar refractivity (Wildman–Crippen MR) is 165 cm³/mol. The first-order valence-corrected chi connectivity index (χ1v) is 15.2. The van der Waals surface area contributed by atoms with Gasteiger partial charge in [-0.05, 0) is 54.2 Å². The Morgan fingerprint density at radius 1 is 1.17 bits per heavy atom. The van der Waals surface area contributed by atoms with Gasteiger partial charge in [0.15, 0.2) is 0 Å². The minimum absolute atomic E-state index is 0.0593. The van der Waals surface area contributed by atoms with Crippen LogP contribution in [0.5, 0.6) is 0 Å². The van der Waals surface area contributed by atoms with Gasteiger partial charge in [-0.3, -0.25) is 0 Å². The van der Waals surface area contributed by atoms with Crippen LogP contribution in [-0.2, 0) is 17.2 Å². The van der Waals surface area contributed by atoms with Crippen molar-refractivity contribution in [2.75, 3.05) is 23.8 Å². The fourth-order valence-electron chi connectivity index (χ4n) is 4.85. The number of H-pyrrole nitrogens is 2. The van der Waals surface area contributed by atoms with Crippen LogP contribution in [0.2, 0.25) is 0 Å². The van der Waals surface area contributed by atoms with Crippen molar-refractivity contribution in [2.24, 2.45) is 0 Å². The largest absolute Gasteiger partial charge is 0.379 e. The Morgan fingerprint density at radius 3 is 2.71 bits per heavy atom. The van der Waals surface area contributed by atoms with E-state index in [-0.39, 0.29) is 12.0 Å². The highest BCUT2D eigenvalue weighted by Crippen LogP contribution is 2.34. The van der Waals surface area contributed by atoms with Crippen LogP contribution in [0, 0.1) is 0 Å². The van der Waals surface area contributed by atoms with Crippen molar-refractivity contribution in [3.8, 4) is 11.3 Å². The molecule has 42 heavy (non-hydrogen) atoms. The second-order valence-electron chi connectivity index (χ2n) is 10.4. The van der Waals surface area contributed by atoms with Gasteiger partial charge in [0.2, 0.25) is 5.95 Å².